The molecule has 0 aliphatic rings. The van der Waals surface area contributed by atoms with Crippen LogP contribution in [-0.2, 0) is 14.3 Å². The van der Waals surface area contributed by atoms with E-state index in [9.17, 15) is 9.59 Å². The first-order valence-electron chi connectivity index (χ1n) is 6.03. The van der Waals surface area contributed by atoms with Gasteiger partial charge in [0, 0.05) is 6.42 Å². The largest absolute Gasteiger partial charge is 0.466 e. The van der Waals surface area contributed by atoms with E-state index in [1.54, 1.807) is 32.9 Å². The smallest absolute Gasteiger partial charge is 0.338 e. The average molecular weight is 252 g/mol. The van der Waals surface area contributed by atoms with E-state index in [-0.39, 0.29) is 11.9 Å². The van der Waals surface area contributed by atoms with Gasteiger partial charge in [-0.25, -0.2) is 4.79 Å². The summed E-state index contributed by atoms with van der Waals surface area (Å²) in [6, 6.07) is 8.96. The van der Waals surface area contributed by atoms with Crippen molar-refractivity contribution >= 4 is 11.9 Å². The number of carbonyl (C=O) groups excluding carboxylic acids is 2. The molecule has 0 amide bonds. The Bertz CT molecular complexity index is 346. The lowest BCUT2D eigenvalue weighted by Gasteiger charge is -1.99. The minimum atomic E-state index is -0.256. The van der Waals surface area contributed by atoms with Crippen LogP contribution in [0.3, 0.4) is 0 Å². The molecule has 1 aromatic carbocycles. The van der Waals surface area contributed by atoms with Crippen LogP contribution >= 0.6 is 0 Å². The Labute approximate surface area is 108 Å². The molecule has 0 aliphatic heterocycles. The molecular formula is C14H20O4. The summed E-state index contributed by atoms with van der Waals surface area (Å²) < 4.78 is 9.34. The number of esters is 2. The van der Waals surface area contributed by atoms with E-state index in [0.29, 0.717) is 25.2 Å². The molecule has 18 heavy (non-hydrogen) atoms. The zero-order valence-corrected chi connectivity index (χ0v) is 11.1. The lowest BCUT2D eigenvalue weighted by atomic mass is 10.2. The Morgan fingerprint density at radius 2 is 1.50 bits per heavy atom. The van der Waals surface area contributed by atoms with Gasteiger partial charge in [0.05, 0.1) is 18.8 Å². The van der Waals surface area contributed by atoms with Gasteiger partial charge in [-0.15, -0.1) is 0 Å². The maximum atomic E-state index is 11.0. The maximum absolute atomic E-state index is 11.0. The summed E-state index contributed by atoms with van der Waals surface area (Å²) >= 11 is 0. The molecule has 100 valence electrons. The van der Waals surface area contributed by atoms with E-state index in [4.69, 9.17) is 4.74 Å². The highest BCUT2D eigenvalue weighted by molar-refractivity contribution is 5.89. The predicted octanol–water partition coefficient (Wildman–Crippen LogP) is 2.82. The summed E-state index contributed by atoms with van der Waals surface area (Å²) in [6.45, 7) is 6.28. The highest BCUT2D eigenvalue weighted by Gasteiger charge is 2.02. The molecule has 0 aromatic heterocycles. The van der Waals surface area contributed by atoms with Crippen molar-refractivity contribution in [2.75, 3.05) is 13.2 Å². The number of carbonyl (C=O) groups is 2. The summed E-state index contributed by atoms with van der Waals surface area (Å²) in [5, 5.41) is 0. The molecule has 0 bridgehead atoms. The summed E-state index contributed by atoms with van der Waals surface area (Å²) in [6.07, 6.45) is 0.480. The third kappa shape index (κ3) is 7.44. The van der Waals surface area contributed by atoms with Crippen LogP contribution in [-0.4, -0.2) is 25.2 Å². The Morgan fingerprint density at radius 1 is 0.944 bits per heavy atom. The van der Waals surface area contributed by atoms with Crippen molar-refractivity contribution in [1.82, 2.24) is 0 Å². The van der Waals surface area contributed by atoms with Gasteiger partial charge < -0.3 is 9.47 Å². The fourth-order valence-corrected chi connectivity index (χ4v) is 1.05. The molecule has 0 aliphatic carbocycles. The first-order chi connectivity index (χ1) is 8.65. The predicted molar refractivity (Wildman–Crippen MR) is 69.3 cm³/mol. The second-order valence-electron chi connectivity index (χ2n) is 3.25. The zero-order valence-electron chi connectivity index (χ0n) is 11.1. The van der Waals surface area contributed by atoms with Crippen LogP contribution in [0, 0.1) is 0 Å². The van der Waals surface area contributed by atoms with Crippen LogP contribution in [0.15, 0.2) is 30.3 Å². The van der Waals surface area contributed by atoms with E-state index in [1.807, 2.05) is 18.2 Å². The standard InChI is InChI=1S/C9H10O2.C5H10O2/c1-2-11-9(10)8-6-4-3-5-7-8;1-3-5(6)7-4-2/h3-7H,2H2,1H3;3-4H2,1-2H3. The van der Waals surface area contributed by atoms with E-state index in [2.05, 4.69) is 4.74 Å². The number of ether oxygens (including phenoxy) is 2. The van der Waals surface area contributed by atoms with Crippen molar-refractivity contribution in [3.63, 3.8) is 0 Å². The molecule has 0 fully saturated rings. The van der Waals surface area contributed by atoms with Gasteiger partial charge in [-0.1, -0.05) is 25.1 Å². The highest BCUT2D eigenvalue weighted by Crippen LogP contribution is 1.99. The SMILES string of the molecule is CCOC(=O)CC.CCOC(=O)c1ccccc1. The van der Waals surface area contributed by atoms with Crippen LogP contribution in [0.25, 0.3) is 0 Å². The average Bonchev–Trinajstić information content (AvgIpc) is 2.41. The van der Waals surface area contributed by atoms with Crippen molar-refractivity contribution in [1.29, 1.82) is 0 Å². The first-order valence-corrected chi connectivity index (χ1v) is 6.03. The number of rotatable bonds is 4. The third-order valence-corrected chi connectivity index (χ3v) is 1.88. The van der Waals surface area contributed by atoms with E-state index < -0.39 is 0 Å². The molecule has 1 rings (SSSR count). The van der Waals surface area contributed by atoms with Crippen LogP contribution in [0.5, 0.6) is 0 Å². The fourth-order valence-electron chi connectivity index (χ4n) is 1.05. The molecule has 0 N–H and O–H groups in total. The lowest BCUT2D eigenvalue weighted by molar-refractivity contribution is -0.142. The maximum Gasteiger partial charge on any atom is 0.338 e. The quantitative estimate of drug-likeness (QED) is 0.773. The Kier molecular flexibility index (Phi) is 9.27. The molecule has 4 nitrogen and oxygen atoms in total. The minimum absolute atomic E-state index is 0.123. The van der Waals surface area contributed by atoms with Crippen molar-refractivity contribution in [2.45, 2.75) is 27.2 Å². The Balaban J connectivity index is 0.000000360. The van der Waals surface area contributed by atoms with Gasteiger partial charge in [-0.3, -0.25) is 4.79 Å². The van der Waals surface area contributed by atoms with Crippen molar-refractivity contribution in [3.8, 4) is 0 Å². The normalized spacial score (nSPS) is 8.83. The minimum Gasteiger partial charge on any atom is -0.466 e. The van der Waals surface area contributed by atoms with Crippen molar-refractivity contribution in [3.05, 3.63) is 35.9 Å². The third-order valence-electron chi connectivity index (χ3n) is 1.88. The molecule has 4 heteroatoms. The molecule has 0 saturated carbocycles. The summed E-state index contributed by atoms with van der Waals surface area (Å²) in [4.78, 5) is 21.2. The fraction of sp³-hybridized carbons (Fsp3) is 0.429. The molecule has 0 spiro atoms. The molecule has 0 unspecified atom stereocenters. The van der Waals surface area contributed by atoms with Gasteiger partial charge in [0.1, 0.15) is 0 Å². The highest BCUT2D eigenvalue weighted by atomic mass is 16.5. The summed E-state index contributed by atoms with van der Waals surface area (Å²) in [5.74, 6) is -0.379. The first kappa shape index (κ1) is 16.2. The van der Waals surface area contributed by atoms with Gasteiger partial charge >= 0.3 is 11.9 Å². The lowest BCUT2D eigenvalue weighted by Crippen LogP contribution is -2.03. The van der Waals surface area contributed by atoms with Gasteiger partial charge in [0.2, 0.25) is 0 Å². The molecule has 1 aromatic rings. The monoisotopic (exact) mass is 252 g/mol. The number of hydrogen-bond acceptors (Lipinski definition) is 4. The summed E-state index contributed by atoms with van der Waals surface area (Å²) in [7, 11) is 0. The van der Waals surface area contributed by atoms with Gasteiger partial charge in [0.15, 0.2) is 0 Å². The summed E-state index contributed by atoms with van der Waals surface area (Å²) in [5.41, 5.74) is 0.606. The molecule has 0 radical (unpaired) electrons. The van der Waals surface area contributed by atoms with Crippen LogP contribution in [0.1, 0.15) is 37.6 Å². The van der Waals surface area contributed by atoms with Crippen LogP contribution in [0.4, 0.5) is 0 Å². The Hall–Kier alpha value is -1.84. The second-order valence-corrected chi connectivity index (χ2v) is 3.25. The topological polar surface area (TPSA) is 52.6 Å². The van der Waals surface area contributed by atoms with E-state index in [0.717, 1.165) is 0 Å². The second kappa shape index (κ2) is 10.3. The van der Waals surface area contributed by atoms with Gasteiger partial charge in [-0.05, 0) is 26.0 Å². The number of hydrogen-bond donors (Lipinski definition) is 0. The van der Waals surface area contributed by atoms with Crippen molar-refractivity contribution < 1.29 is 19.1 Å². The zero-order chi connectivity index (χ0) is 13.8. The van der Waals surface area contributed by atoms with E-state index in [1.165, 1.54) is 0 Å². The van der Waals surface area contributed by atoms with Crippen LogP contribution in [0.2, 0.25) is 0 Å². The molecule has 0 saturated heterocycles. The van der Waals surface area contributed by atoms with E-state index >= 15 is 0 Å². The molecule has 0 atom stereocenters. The Morgan fingerprint density at radius 3 is 1.89 bits per heavy atom. The van der Waals surface area contributed by atoms with Gasteiger partial charge in [-0.2, -0.15) is 0 Å². The van der Waals surface area contributed by atoms with Crippen molar-refractivity contribution in [2.24, 2.45) is 0 Å². The number of benzene rings is 1. The molecular weight excluding hydrogens is 232 g/mol. The van der Waals surface area contributed by atoms with Gasteiger partial charge in [0.25, 0.3) is 0 Å². The molecule has 0 heterocycles. The van der Waals surface area contributed by atoms with Crippen LogP contribution < -0.4 is 0 Å².